The summed E-state index contributed by atoms with van der Waals surface area (Å²) in [6.45, 7) is 4.24. The van der Waals surface area contributed by atoms with Gasteiger partial charge in [-0.2, -0.15) is 0 Å². The first kappa shape index (κ1) is 20.2. The number of piperidine rings is 1. The van der Waals surface area contributed by atoms with Crippen LogP contribution in [-0.2, 0) is 9.59 Å². The normalized spacial score (nSPS) is 23.7. The van der Waals surface area contributed by atoms with Gasteiger partial charge in [-0.3, -0.25) is 9.59 Å². The van der Waals surface area contributed by atoms with Gasteiger partial charge in [-0.25, -0.2) is 0 Å². The first-order valence-corrected chi connectivity index (χ1v) is 8.90. The summed E-state index contributed by atoms with van der Waals surface area (Å²) in [5.74, 6) is 0.621. The van der Waals surface area contributed by atoms with Gasteiger partial charge in [-0.1, -0.05) is 26.2 Å². The molecule has 0 spiro atoms. The van der Waals surface area contributed by atoms with Crippen LogP contribution in [0.2, 0.25) is 0 Å². The Bertz CT molecular complexity index is 397. The van der Waals surface area contributed by atoms with Crippen LogP contribution in [0.1, 0.15) is 64.7 Å². The smallest absolute Gasteiger partial charge is 0.242 e. The number of rotatable bonds is 5. The van der Waals surface area contributed by atoms with E-state index < -0.39 is 5.54 Å². The number of amides is 2. The highest BCUT2D eigenvalue weighted by Gasteiger charge is 2.39. The maximum absolute atomic E-state index is 12.8. The van der Waals surface area contributed by atoms with Crippen molar-refractivity contribution in [3.05, 3.63) is 0 Å². The molecule has 0 bridgehead atoms. The first-order valence-electron chi connectivity index (χ1n) is 8.90. The number of hydrogen-bond donors (Lipinski definition) is 2. The van der Waals surface area contributed by atoms with Crippen LogP contribution in [0.5, 0.6) is 0 Å². The highest BCUT2D eigenvalue weighted by molar-refractivity contribution is 5.86. The average molecular weight is 346 g/mol. The molecule has 1 saturated carbocycles. The second kappa shape index (κ2) is 9.48. The minimum Gasteiger partial charge on any atom is -0.356 e. The van der Waals surface area contributed by atoms with Crippen LogP contribution in [0.3, 0.4) is 0 Å². The van der Waals surface area contributed by atoms with Gasteiger partial charge >= 0.3 is 0 Å². The third-order valence-corrected chi connectivity index (χ3v) is 5.04. The molecule has 23 heavy (non-hydrogen) atoms. The van der Waals surface area contributed by atoms with Gasteiger partial charge in [-0.05, 0) is 38.0 Å². The number of carbonyl (C=O) groups excluding carboxylic acids is 2. The molecule has 1 aliphatic heterocycles. The van der Waals surface area contributed by atoms with Crippen molar-refractivity contribution >= 4 is 24.2 Å². The number of nitrogens with one attached hydrogen (secondary N) is 1. The fourth-order valence-corrected chi connectivity index (χ4v) is 3.70. The van der Waals surface area contributed by atoms with Gasteiger partial charge in [0.05, 0.1) is 5.54 Å². The Morgan fingerprint density at radius 3 is 2.57 bits per heavy atom. The predicted molar refractivity (Wildman–Crippen MR) is 94.5 cm³/mol. The van der Waals surface area contributed by atoms with Crippen molar-refractivity contribution in [1.82, 2.24) is 10.2 Å². The quantitative estimate of drug-likeness (QED) is 0.802. The molecule has 6 heteroatoms. The molecular formula is C17H32ClN3O2. The van der Waals surface area contributed by atoms with Crippen LogP contribution in [0, 0.1) is 5.92 Å². The Labute approximate surface area is 146 Å². The highest BCUT2D eigenvalue weighted by Crippen LogP contribution is 2.29. The Morgan fingerprint density at radius 1 is 1.22 bits per heavy atom. The van der Waals surface area contributed by atoms with Crippen LogP contribution in [-0.4, -0.2) is 41.9 Å². The lowest BCUT2D eigenvalue weighted by Gasteiger charge is -2.40. The lowest BCUT2D eigenvalue weighted by Crippen LogP contribution is -2.58. The van der Waals surface area contributed by atoms with E-state index in [9.17, 15) is 9.59 Å². The van der Waals surface area contributed by atoms with Gasteiger partial charge in [-0.15, -0.1) is 12.4 Å². The number of hydrogen-bond acceptors (Lipinski definition) is 3. The van der Waals surface area contributed by atoms with Crippen LogP contribution in [0.4, 0.5) is 0 Å². The average Bonchev–Trinajstić information content (AvgIpc) is 2.53. The standard InChI is InChI=1S/C17H31N3O2.ClH/c1-2-7-15(21)19-12-14-8-6-11-20(13-14)16(22)17(18)9-4-3-5-10-17;/h14H,2-13,18H2,1H3,(H,19,21);1H. The fourth-order valence-electron chi connectivity index (χ4n) is 3.70. The SMILES string of the molecule is CCCC(=O)NCC1CCCN(C(=O)C2(N)CCCCC2)C1.Cl. The summed E-state index contributed by atoms with van der Waals surface area (Å²) in [7, 11) is 0. The van der Waals surface area contributed by atoms with E-state index in [2.05, 4.69) is 5.32 Å². The number of nitrogens with two attached hydrogens (primary N) is 1. The molecule has 1 unspecified atom stereocenters. The molecule has 0 aromatic heterocycles. The van der Waals surface area contributed by atoms with E-state index in [4.69, 9.17) is 5.73 Å². The second-order valence-electron chi connectivity index (χ2n) is 7.03. The Hall–Kier alpha value is -0.810. The van der Waals surface area contributed by atoms with Crippen molar-refractivity contribution in [2.75, 3.05) is 19.6 Å². The molecule has 0 aromatic carbocycles. The monoisotopic (exact) mass is 345 g/mol. The fraction of sp³-hybridized carbons (Fsp3) is 0.882. The largest absolute Gasteiger partial charge is 0.356 e. The van der Waals surface area contributed by atoms with E-state index in [-0.39, 0.29) is 24.2 Å². The van der Waals surface area contributed by atoms with Crippen molar-refractivity contribution in [1.29, 1.82) is 0 Å². The molecule has 2 fully saturated rings. The minimum absolute atomic E-state index is 0. The van der Waals surface area contributed by atoms with Gasteiger partial charge in [0.25, 0.3) is 0 Å². The lowest BCUT2D eigenvalue weighted by molar-refractivity contribution is -0.140. The molecule has 2 rings (SSSR count). The van der Waals surface area contributed by atoms with Gasteiger partial charge < -0.3 is 16.0 Å². The molecular weight excluding hydrogens is 314 g/mol. The molecule has 1 heterocycles. The van der Waals surface area contributed by atoms with E-state index in [0.717, 1.165) is 58.0 Å². The molecule has 0 radical (unpaired) electrons. The van der Waals surface area contributed by atoms with Gasteiger partial charge in [0, 0.05) is 26.1 Å². The summed E-state index contributed by atoms with van der Waals surface area (Å²) in [6.07, 6.45) is 8.50. The minimum atomic E-state index is -0.633. The Balaban J connectivity index is 0.00000264. The third-order valence-electron chi connectivity index (χ3n) is 5.04. The van der Waals surface area contributed by atoms with Crippen LogP contribution in [0.15, 0.2) is 0 Å². The van der Waals surface area contributed by atoms with Gasteiger partial charge in [0.2, 0.25) is 11.8 Å². The summed E-state index contributed by atoms with van der Waals surface area (Å²) in [5.41, 5.74) is 5.75. The lowest BCUT2D eigenvalue weighted by atomic mass is 9.81. The number of nitrogens with zero attached hydrogens (tertiary/aromatic N) is 1. The second-order valence-corrected chi connectivity index (χ2v) is 7.03. The van der Waals surface area contributed by atoms with E-state index in [0.29, 0.717) is 18.9 Å². The van der Waals surface area contributed by atoms with Crippen molar-refractivity contribution < 1.29 is 9.59 Å². The van der Waals surface area contributed by atoms with E-state index >= 15 is 0 Å². The Kier molecular flexibility index (Phi) is 8.34. The van der Waals surface area contributed by atoms with Crippen molar-refractivity contribution in [3.8, 4) is 0 Å². The molecule has 3 N–H and O–H groups in total. The van der Waals surface area contributed by atoms with E-state index in [1.807, 2.05) is 11.8 Å². The summed E-state index contributed by atoms with van der Waals surface area (Å²) in [4.78, 5) is 26.3. The van der Waals surface area contributed by atoms with Crippen molar-refractivity contribution in [2.45, 2.75) is 70.3 Å². The zero-order valence-electron chi connectivity index (χ0n) is 14.3. The summed E-state index contributed by atoms with van der Waals surface area (Å²) >= 11 is 0. The molecule has 0 aromatic rings. The van der Waals surface area contributed by atoms with Crippen molar-refractivity contribution in [2.24, 2.45) is 11.7 Å². The summed E-state index contributed by atoms with van der Waals surface area (Å²) in [6, 6.07) is 0. The Morgan fingerprint density at radius 2 is 1.91 bits per heavy atom. The molecule has 1 atom stereocenters. The summed E-state index contributed by atoms with van der Waals surface area (Å²) < 4.78 is 0. The zero-order chi connectivity index (χ0) is 16.0. The van der Waals surface area contributed by atoms with Crippen molar-refractivity contribution in [3.63, 3.8) is 0 Å². The molecule has 5 nitrogen and oxygen atoms in total. The molecule has 134 valence electrons. The number of likely N-dealkylation sites (tertiary alicyclic amines) is 1. The van der Waals surface area contributed by atoms with Crippen LogP contribution < -0.4 is 11.1 Å². The molecule has 1 saturated heterocycles. The van der Waals surface area contributed by atoms with Crippen LogP contribution in [0.25, 0.3) is 0 Å². The van der Waals surface area contributed by atoms with E-state index in [1.165, 1.54) is 6.42 Å². The first-order chi connectivity index (χ1) is 10.5. The number of carbonyl (C=O) groups is 2. The zero-order valence-corrected chi connectivity index (χ0v) is 15.1. The molecule has 2 aliphatic rings. The third kappa shape index (κ3) is 5.64. The highest BCUT2D eigenvalue weighted by atomic mass is 35.5. The van der Waals surface area contributed by atoms with Gasteiger partial charge in [0.15, 0.2) is 0 Å². The maximum Gasteiger partial charge on any atom is 0.242 e. The maximum atomic E-state index is 12.8. The molecule has 2 amide bonds. The molecule has 1 aliphatic carbocycles. The summed E-state index contributed by atoms with van der Waals surface area (Å²) in [5, 5.41) is 2.99. The van der Waals surface area contributed by atoms with Gasteiger partial charge in [0.1, 0.15) is 0 Å². The van der Waals surface area contributed by atoms with Crippen LogP contribution >= 0.6 is 12.4 Å². The topological polar surface area (TPSA) is 75.4 Å². The van der Waals surface area contributed by atoms with E-state index in [1.54, 1.807) is 0 Å². The predicted octanol–water partition coefficient (Wildman–Crippen LogP) is 2.22. The number of halogens is 1.